The van der Waals surface area contributed by atoms with E-state index in [1.807, 2.05) is 12.1 Å². The van der Waals surface area contributed by atoms with Crippen molar-refractivity contribution in [1.29, 1.82) is 0 Å². The van der Waals surface area contributed by atoms with Crippen LogP contribution < -0.4 is 5.32 Å². The van der Waals surface area contributed by atoms with Crippen molar-refractivity contribution in [3.05, 3.63) is 53.8 Å². The monoisotopic (exact) mass is 297 g/mol. The summed E-state index contributed by atoms with van der Waals surface area (Å²) in [6.45, 7) is 0.187. The molecule has 2 aromatic carbocycles. The molecule has 22 heavy (non-hydrogen) atoms. The smallest absolute Gasteiger partial charge is 0.123 e. The van der Waals surface area contributed by atoms with Gasteiger partial charge in [-0.25, -0.2) is 4.39 Å². The highest BCUT2D eigenvalue weighted by Crippen LogP contribution is 2.48. The SMILES string of the molecule is OC[C@H]1Nc2ccc(-c3cccc(F)c3)cc2[C@@H]2CCC[C@H]12. The zero-order chi connectivity index (χ0) is 15.1. The predicted molar refractivity (Wildman–Crippen MR) is 86.4 cm³/mol. The van der Waals surface area contributed by atoms with Gasteiger partial charge in [0, 0.05) is 5.69 Å². The summed E-state index contributed by atoms with van der Waals surface area (Å²) in [7, 11) is 0. The van der Waals surface area contributed by atoms with Crippen LogP contribution in [0.3, 0.4) is 0 Å². The molecule has 1 heterocycles. The lowest BCUT2D eigenvalue weighted by atomic mass is 9.79. The van der Waals surface area contributed by atoms with Gasteiger partial charge in [-0.1, -0.05) is 24.6 Å². The van der Waals surface area contributed by atoms with Crippen LogP contribution in [-0.2, 0) is 0 Å². The lowest BCUT2D eigenvalue weighted by molar-refractivity contribution is 0.226. The Morgan fingerprint density at radius 2 is 1.95 bits per heavy atom. The second-order valence-electron chi connectivity index (χ2n) is 6.45. The second-order valence-corrected chi connectivity index (χ2v) is 6.45. The van der Waals surface area contributed by atoms with E-state index in [0.29, 0.717) is 11.8 Å². The van der Waals surface area contributed by atoms with Crippen molar-refractivity contribution in [1.82, 2.24) is 0 Å². The van der Waals surface area contributed by atoms with E-state index in [-0.39, 0.29) is 18.5 Å². The third-order valence-electron chi connectivity index (χ3n) is 5.23. The van der Waals surface area contributed by atoms with Crippen LogP contribution >= 0.6 is 0 Å². The topological polar surface area (TPSA) is 32.3 Å². The summed E-state index contributed by atoms with van der Waals surface area (Å²) >= 11 is 0. The number of fused-ring (bicyclic) bond motifs is 3. The number of halogens is 1. The van der Waals surface area contributed by atoms with Crippen LogP contribution in [0.4, 0.5) is 10.1 Å². The zero-order valence-electron chi connectivity index (χ0n) is 12.4. The molecule has 3 heteroatoms. The number of anilines is 1. The maximum absolute atomic E-state index is 13.5. The molecule has 114 valence electrons. The molecular formula is C19H20FNO. The van der Waals surface area contributed by atoms with E-state index in [4.69, 9.17) is 0 Å². The van der Waals surface area contributed by atoms with Crippen LogP contribution in [0.25, 0.3) is 11.1 Å². The minimum atomic E-state index is -0.201. The number of hydrogen-bond donors (Lipinski definition) is 2. The summed E-state index contributed by atoms with van der Waals surface area (Å²) < 4.78 is 13.5. The number of nitrogens with one attached hydrogen (secondary N) is 1. The highest BCUT2D eigenvalue weighted by atomic mass is 19.1. The largest absolute Gasteiger partial charge is 0.394 e. The van der Waals surface area contributed by atoms with Crippen LogP contribution in [0.5, 0.6) is 0 Å². The molecule has 2 N–H and O–H groups in total. The summed E-state index contributed by atoms with van der Waals surface area (Å²) in [6, 6.07) is 13.2. The van der Waals surface area contributed by atoms with Crippen LogP contribution in [0, 0.1) is 11.7 Å². The fraction of sp³-hybridized carbons (Fsp3) is 0.368. The second kappa shape index (κ2) is 5.40. The highest BCUT2D eigenvalue weighted by Gasteiger charge is 2.39. The van der Waals surface area contributed by atoms with Gasteiger partial charge in [0.25, 0.3) is 0 Å². The molecule has 3 atom stereocenters. The van der Waals surface area contributed by atoms with Crippen molar-refractivity contribution in [3.63, 3.8) is 0 Å². The number of benzene rings is 2. The Balaban J connectivity index is 1.77. The average molecular weight is 297 g/mol. The number of aliphatic hydroxyl groups is 1. The Hall–Kier alpha value is -1.87. The van der Waals surface area contributed by atoms with E-state index >= 15 is 0 Å². The van der Waals surface area contributed by atoms with Gasteiger partial charge < -0.3 is 10.4 Å². The van der Waals surface area contributed by atoms with E-state index in [1.54, 1.807) is 12.1 Å². The molecule has 0 unspecified atom stereocenters. The Bertz CT molecular complexity index is 700. The summed E-state index contributed by atoms with van der Waals surface area (Å²) in [5.74, 6) is 0.828. The minimum absolute atomic E-state index is 0.167. The molecule has 0 spiro atoms. The standard InChI is InChI=1S/C19H20FNO/c20-14-4-1-3-12(9-14)13-7-8-18-17(10-13)15-5-2-6-16(15)19(11-22)21-18/h1,3-4,7-10,15-16,19,21-22H,2,5-6,11H2/t15-,16+,19-/m1/s1. The lowest BCUT2D eigenvalue weighted by Crippen LogP contribution is -2.38. The van der Waals surface area contributed by atoms with Gasteiger partial charge in [0.15, 0.2) is 0 Å². The molecule has 1 aliphatic carbocycles. The van der Waals surface area contributed by atoms with Gasteiger partial charge >= 0.3 is 0 Å². The molecule has 2 aliphatic rings. The highest BCUT2D eigenvalue weighted by molar-refractivity contribution is 5.70. The molecule has 4 rings (SSSR count). The molecule has 0 radical (unpaired) electrons. The van der Waals surface area contributed by atoms with E-state index in [2.05, 4.69) is 17.4 Å². The first-order valence-corrected chi connectivity index (χ1v) is 8.03. The van der Waals surface area contributed by atoms with Gasteiger partial charge in [0.05, 0.1) is 12.6 Å². The molecule has 2 aromatic rings. The van der Waals surface area contributed by atoms with Crippen molar-refractivity contribution in [2.24, 2.45) is 5.92 Å². The van der Waals surface area contributed by atoms with Gasteiger partial charge in [-0.05, 0) is 65.6 Å². The van der Waals surface area contributed by atoms with Crippen LogP contribution in [0.1, 0.15) is 30.7 Å². The number of hydrogen-bond acceptors (Lipinski definition) is 2. The maximum atomic E-state index is 13.5. The van der Waals surface area contributed by atoms with Crippen LogP contribution in [0.15, 0.2) is 42.5 Å². The summed E-state index contributed by atoms with van der Waals surface area (Å²) in [5.41, 5.74) is 4.44. The number of aliphatic hydroxyl groups excluding tert-OH is 1. The van der Waals surface area contributed by atoms with Gasteiger partial charge in [-0.15, -0.1) is 0 Å². The molecule has 1 aliphatic heterocycles. The Morgan fingerprint density at radius 1 is 1.09 bits per heavy atom. The minimum Gasteiger partial charge on any atom is -0.394 e. The Kier molecular flexibility index (Phi) is 3.38. The molecule has 1 saturated carbocycles. The lowest BCUT2D eigenvalue weighted by Gasteiger charge is -2.36. The first-order chi connectivity index (χ1) is 10.8. The van der Waals surface area contributed by atoms with E-state index in [9.17, 15) is 9.50 Å². The van der Waals surface area contributed by atoms with Gasteiger partial charge in [-0.3, -0.25) is 0 Å². The Morgan fingerprint density at radius 3 is 2.77 bits per heavy atom. The van der Waals surface area contributed by atoms with Crippen molar-refractivity contribution in [2.45, 2.75) is 31.2 Å². The van der Waals surface area contributed by atoms with Gasteiger partial charge in [-0.2, -0.15) is 0 Å². The van der Waals surface area contributed by atoms with Crippen molar-refractivity contribution in [3.8, 4) is 11.1 Å². The summed E-state index contributed by atoms with van der Waals surface area (Å²) in [4.78, 5) is 0. The van der Waals surface area contributed by atoms with E-state index in [0.717, 1.165) is 16.8 Å². The third-order valence-corrected chi connectivity index (χ3v) is 5.23. The van der Waals surface area contributed by atoms with E-state index in [1.165, 1.54) is 30.9 Å². The molecule has 2 nitrogen and oxygen atoms in total. The molecule has 0 bridgehead atoms. The fourth-order valence-electron chi connectivity index (χ4n) is 4.19. The molecule has 0 amide bonds. The predicted octanol–water partition coefficient (Wildman–Crippen LogP) is 4.16. The van der Waals surface area contributed by atoms with Crippen LogP contribution in [-0.4, -0.2) is 17.8 Å². The molecule has 0 aromatic heterocycles. The molecule has 1 fully saturated rings. The van der Waals surface area contributed by atoms with Gasteiger partial charge in [0.1, 0.15) is 5.82 Å². The fourth-order valence-corrected chi connectivity index (χ4v) is 4.19. The van der Waals surface area contributed by atoms with Crippen molar-refractivity contribution in [2.75, 3.05) is 11.9 Å². The Labute approximate surface area is 130 Å². The van der Waals surface area contributed by atoms with Crippen molar-refractivity contribution >= 4 is 5.69 Å². The quantitative estimate of drug-likeness (QED) is 0.872. The van der Waals surface area contributed by atoms with Crippen LogP contribution in [0.2, 0.25) is 0 Å². The third kappa shape index (κ3) is 2.20. The first kappa shape index (κ1) is 13.8. The molecular weight excluding hydrogens is 277 g/mol. The summed E-state index contributed by atoms with van der Waals surface area (Å²) in [6.07, 6.45) is 3.58. The number of rotatable bonds is 2. The van der Waals surface area contributed by atoms with E-state index < -0.39 is 0 Å². The van der Waals surface area contributed by atoms with Gasteiger partial charge in [0.2, 0.25) is 0 Å². The maximum Gasteiger partial charge on any atom is 0.123 e. The summed E-state index contributed by atoms with van der Waals surface area (Å²) in [5, 5.41) is 13.1. The normalized spacial score (nSPS) is 26.2. The molecule has 0 saturated heterocycles. The van der Waals surface area contributed by atoms with Crippen molar-refractivity contribution < 1.29 is 9.50 Å². The first-order valence-electron chi connectivity index (χ1n) is 8.03. The zero-order valence-corrected chi connectivity index (χ0v) is 12.4. The average Bonchev–Trinajstić information content (AvgIpc) is 3.03.